The van der Waals surface area contributed by atoms with Gasteiger partial charge < -0.3 is 34.1 Å². The minimum atomic E-state index is -0.784. The molecule has 1 N–H and O–H groups in total. The van der Waals surface area contributed by atoms with Crippen molar-refractivity contribution in [1.82, 2.24) is 15.2 Å². The van der Waals surface area contributed by atoms with Crippen LogP contribution in [-0.4, -0.2) is 79.6 Å². The second-order valence-electron chi connectivity index (χ2n) is 13.5. The fourth-order valence-electron chi connectivity index (χ4n) is 6.83. The number of amides is 3. The lowest BCUT2D eigenvalue weighted by Crippen LogP contribution is -2.54. The van der Waals surface area contributed by atoms with Gasteiger partial charge in [0.15, 0.2) is 0 Å². The monoisotopic (exact) mass is 622 g/mol. The SMILES string of the molecule is COc1cc2nc(N(C)C(C)=O)cc3c2cc1CCCC(C)(C)COC(=O)N[C@@H](C1CCCCC1)C(=O)N1C[C@@H](C[C@H]1C=O)O3. The molecule has 11 nitrogen and oxygen atoms in total. The molecule has 2 aromatic rings. The molecule has 0 radical (unpaired) electrons. The molecule has 3 heterocycles. The van der Waals surface area contributed by atoms with Gasteiger partial charge in [-0.25, -0.2) is 9.78 Å². The molecule has 45 heavy (non-hydrogen) atoms. The molecule has 0 spiro atoms. The van der Waals surface area contributed by atoms with Crippen molar-refractivity contribution in [2.75, 3.05) is 32.2 Å². The van der Waals surface area contributed by atoms with Crippen molar-refractivity contribution in [3.8, 4) is 11.5 Å². The summed E-state index contributed by atoms with van der Waals surface area (Å²) in [7, 11) is 3.27. The van der Waals surface area contributed by atoms with Crippen LogP contribution in [0.4, 0.5) is 10.6 Å². The Labute approximate surface area is 264 Å². The molecule has 3 atom stereocenters. The summed E-state index contributed by atoms with van der Waals surface area (Å²) in [6.07, 6.45) is 7.01. The van der Waals surface area contributed by atoms with E-state index in [1.54, 1.807) is 25.1 Å². The smallest absolute Gasteiger partial charge is 0.407 e. The Kier molecular flexibility index (Phi) is 9.84. The minimum Gasteiger partial charge on any atom is -0.496 e. The van der Waals surface area contributed by atoms with Gasteiger partial charge in [-0.3, -0.25) is 9.59 Å². The molecule has 11 heteroatoms. The van der Waals surface area contributed by atoms with Gasteiger partial charge in [0, 0.05) is 37.9 Å². The van der Waals surface area contributed by atoms with E-state index in [-0.39, 0.29) is 36.3 Å². The van der Waals surface area contributed by atoms with Gasteiger partial charge in [-0.05, 0) is 55.1 Å². The number of cyclic esters (lactones) is 1. The largest absolute Gasteiger partial charge is 0.496 e. The number of hydrogen-bond donors (Lipinski definition) is 1. The van der Waals surface area contributed by atoms with Crippen LogP contribution in [0, 0.1) is 11.3 Å². The average molecular weight is 623 g/mol. The molecule has 5 rings (SSSR count). The number of hydrogen-bond acceptors (Lipinski definition) is 8. The zero-order chi connectivity index (χ0) is 32.3. The van der Waals surface area contributed by atoms with Crippen molar-refractivity contribution in [3.63, 3.8) is 0 Å². The van der Waals surface area contributed by atoms with Crippen LogP contribution < -0.4 is 19.7 Å². The van der Waals surface area contributed by atoms with Gasteiger partial charge in [0.05, 0.1) is 31.8 Å². The lowest BCUT2D eigenvalue weighted by molar-refractivity contribution is -0.138. The number of fused-ring (bicyclic) bond motifs is 3. The van der Waals surface area contributed by atoms with E-state index in [9.17, 15) is 19.2 Å². The normalized spacial score (nSPS) is 24.6. The van der Waals surface area contributed by atoms with Crippen LogP contribution in [0.25, 0.3) is 10.9 Å². The summed E-state index contributed by atoms with van der Waals surface area (Å²) in [6, 6.07) is 4.13. The zero-order valence-corrected chi connectivity index (χ0v) is 27.1. The minimum absolute atomic E-state index is 0.0353. The zero-order valence-electron chi connectivity index (χ0n) is 27.1. The molecule has 0 unspecified atom stereocenters. The lowest BCUT2D eigenvalue weighted by Gasteiger charge is -2.34. The summed E-state index contributed by atoms with van der Waals surface area (Å²) in [5.41, 5.74) is 1.28. The molecular weight excluding hydrogens is 576 g/mol. The maximum Gasteiger partial charge on any atom is 0.407 e. The quantitative estimate of drug-likeness (QED) is 0.482. The number of nitrogens with one attached hydrogen (secondary N) is 1. The summed E-state index contributed by atoms with van der Waals surface area (Å²) in [5.74, 6) is 1.11. The van der Waals surface area contributed by atoms with Gasteiger partial charge in [0.25, 0.3) is 0 Å². The van der Waals surface area contributed by atoms with E-state index in [1.807, 2.05) is 12.1 Å². The molecule has 4 bridgehead atoms. The summed E-state index contributed by atoms with van der Waals surface area (Å²) in [4.78, 5) is 59.6. The van der Waals surface area contributed by atoms with Crippen LogP contribution in [0.1, 0.15) is 77.7 Å². The number of anilines is 1. The summed E-state index contributed by atoms with van der Waals surface area (Å²) < 4.78 is 18.0. The highest BCUT2D eigenvalue weighted by molar-refractivity contribution is 5.94. The molecular formula is C34H46N4O7. The van der Waals surface area contributed by atoms with Gasteiger partial charge in [-0.2, -0.15) is 0 Å². The number of aromatic nitrogens is 1. The highest BCUT2D eigenvalue weighted by atomic mass is 16.5. The Bertz CT molecular complexity index is 1440. The third-order valence-corrected chi connectivity index (χ3v) is 9.57. The fraction of sp³-hybridized carbons (Fsp3) is 0.618. The Balaban J connectivity index is 1.57. The van der Waals surface area contributed by atoms with Gasteiger partial charge in [0.2, 0.25) is 11.8 Å². The van der Waals surface area contributed by atoms with Crippen LogP contribution >= 0.6 is 0 Å². The number of aryl methyl sites for hydroxylation is 1. The Morgan fingerprint density at radius 1 is 1.16 bits per heavy atom. The predicted octanol–water partition coefficient (Wildman–Crippen LogP) is 4.81. The van der Waals surface area contributed by atoms with E-state index >= 15 is 0 Å². The van der Waals surface area contributed by atoms with Crippen LogP contribution in [0.15, 0.2) is 18.2 Å². The molecule has 3 amide bonds. The molecule has 2 aliphatic heterocycles. The van der Waals surface area contributed by atoms with Gasteiger partial charge in [-0.15, -0.1) is 0 Å². The molecule has 1 saturated carbocycles. The fourth-order valence-corrected chi connectivity index (χ4v) is 6.83. The number of ether oxygens (including phenoxy) is 3. The first kappa shape index (κ1) is 32.5. The first-order valence-electron chi connectivity index (χ1n) is 16.1. The number of alkyl carbamates (subject to hydrolysis) is 1. The number of methoxy groups -OCH3 is 1. The van der Waals surface area contributed by atoms with Crippen molar-refractivity contribution < 1.29 is 33.4 Å². The van der Waals surface area contributed by atoms with Crippen LogP contribution in [0.3, 0.4) is 0 Å². The van der Waals surface area contributed by atoms with E-state index < -0.39 is 24.3 Å². The molecule has 3 aliphatic rings. The molecule has 1 aromatic carbocycles. The Morgan fingerprint density at radius 2 is 1.91 bits per heavy atom. The number of nitrogens with zero attached hydrogens (tertiary/aromatic N) is 3. The van der Waals surface area contributed by atoms with E-state index in [0.717, 1.165) is 62.2 Å². The standard InChI is InChI=1S/C34H46N4O7/c1-21(40)37(4)30-17-29-26-14-23(28(43-5)16-27(26)35-30)12-9-13-34(2,3)20-44-33(42)36-31(22-10-7-6-8-11-22)32(41)38-18-25(45-29)15-24(38)19-39/h14,16-17,19,22,24-25,31H,6-13,15,18,20H2,1-5H3,(H,36,42)/t24-,25+,31-/m0/s1. The van der Waals surface area contributed by atoms with Crippen molar-refractivity contribution in [2.24, 2.45) is 11.3 Å². The van der Waals surface area contributed by atoms with Crippen LogP contribution in [-0.2, 0) is 25.5 Å². The van der Waals surface area contributed by atoms with Gasteiger partial charge in [-0.1, -0.05) is 33.1 Å². The Hall–Kier alpha value is -3.89. The maximum atomic E-state index is 14.1. The van der Waals surface area contributed by atoms with Gasteiger partial charge in [0.1, 0.15) is 35.7 Å². The van der Waals surface area contributed by atoms with Crippen molar-refractivity contribution in [1.29, 1.82) is 0 Å². The number of carbonyl (C=O) groups excluding carboxylic acids is 4. The van der Waals surface area contributed by atoms with E-state index in [2.05, 4.69) is 19.2 Å². The van der Waals surface area contributed by atoms with E-state index in [4.69, 9.17) is 19.2 Å². The molecule has 244 valence electrons. The molecule has 1 aliphatic carbocycles. The number of pyridine rings is 1. The molecule has 1 saturated heterocycles. The number of rotatable bonds is 4. The summed E-state index contributed by atoms with van der Waals surface area (Å²) in [6.45, 7) is 5.97. The van der Waals surface area contributed by atoms with Crippen LogP contribution in [0.2, 0.25) is 0 Å². The second-order valence-corrected chi connectivity index (χ2v) is 13.5. The third kappa shape index (κ3) is 7.34. The van der Waals surface area contributed by atoms with Crippen molar-refractivity contribution in [3.05, 3.63) is 23.8 Å². The van der Waals surface area contributed by atoms with Gasteiger partial charge >= 0.3 is 6.09 Å². The first-order chi connectivity index (χ1) is 21.5. The van der Waals surface area contributed by atoms with E-state index in [0.29, 0.717) is 35.7 Å². The average Bonchev–Trinajstić information content (AvgIpc) is 3.44. The lowest BCUT2D eigenvalue weighted by atomic mass is 9.83. The van der Waals surface area contributed by atoms with E-state index in [1.165, 1.54) is 11.8 Å². The highest BCUT2D eigenvalue weighted by Gasteiger charge is 2.42. The summed E-state index contributed by atoms with van der Waals surface area (Å²) >= 11 is 0. The van der Waals surface area contributed by atoms with Crippen LogP contribution in [0.5, 0.6) is 11.5 Å². The maximum absolute atomic E-state index is 14.1. The van der Waals surface area contributed by atoms with Crippen molar-refractivity contribution >= 4 is 40.9 Å². The first-order valence-corrected chi connectivity index (χ1v) is 16.1. The number of aldehydes is 1. The predicted molar refractivity (Wildman–Crippen MR) is 170 cm³/mol. The highest BCUT2D eigenvalue weighted by Crippen LogP contribution is 2.37. The summed E-state index contributed by atoms with van der Waals surface area (Å²) in [5, 5.41) is 3.66. The number of carbonyl (C=O) groups is 4. The third-order valence-electron chi connectivity index (χ3n) is 9.57. The topological polar surface area (TPSA) is 127 Å². The number of benzene rings is 1. The Morgan fingerprint density at radius 3 is 2.60 bits per heavy atom. The molecule has 1 aromatic heterocycles. The molecule has 2 fully saturated rings. The second kappa shape index (κ2) is 13.6. The van der Waals surface area contributed by atoms with Crippen molar-refractivity contribution in [2.45, 2.75) is 96.7 Å².